The summed E-state index contributed by atoms with van der Waals surface area (Å²) in [6.07, 6.45) is 0. The zero-order chi connectivity index (χ0) is 26.0. The minimum Gasteiger partial charge on any atom is -0.437 e. The van der Waals surface area contributed by atoms with Gasteiger partial charge in [-0.25, -0.2) is 0 Å². The lowest BCUT2D eigenvalue weighted by molar-refractivity contribution is 0.248. The Hall–Kier alpha value is -3.09. The Morgan fingerprint density at radius 1 is 0.703 bits per heavy atom. The summed E-state index contributed by atoms with van der Waals surface area (Å²) in [6.45, 7) is 14.7. The van der Waals surface area contributed by atoms with Gasteiger partial charge in [-0.3, -0.25) is 4.90 Å². The number of anilines is 1. The van der Waals surface area contributed by atoms with Crippen LogP contribution in [0.3, 0.4) is 0 Å². The molecular formula is C34H37NOP+. The third-order valence-electron chi connectivity index (χ3n) is 7.90. The van der Waals surface area contributed by atoms with Crippen LogP contribution in [0, 0.1) is 0 Å². The highest BCUT2D eigenvalue weighted by Crippen LogP contribution is 2.68. The molecule has 0 N–H and O–H groups in total. The molecule has 0 saturated carbocycles. The van der Waals surface area contributed by atoms with Gasteiger partial charge >= 0.3 is 0 Å². The Balaban J connectivity index is 1.65. The Bertz CT molecular complexity index is 1410. The highest BCUT2D eigenvalue weighted by Gasteiger charge is 2.64. The van der Waals surface area contributed by atoms with E-state index >= 15 is 0 Å². The van der Waals surface area contributed by atoms with Gasteiger partial charge in [0.05, 0.1) is 12.2 Å². The molecule has 0 aliphatic carbocycles. The molecule has 3 heteroatoms. The maximum atomic E-state index is 7.36. The maximum Gasteiger partial charge on any atom is 0.298 e. The Kier molecular flexibility index (Phi) is 5.55. The SMILES string of the molecule is CC(C)(C)c1cc2c(c(C(C)(C)C)c1)O[C@@H]1N(C2)c2ccccc2[P+]1(c1ccccc1)c1ccccc1. The lowest BCUT2D eigenvalue weighted by Gasteiger charge is -2.40. The number of ether oxygens (including phenoxy) is 1. The molecule has 0 amide bonds. The summed E-state index contributed by atoms with van der Waals surface area (Å²) in [4.78, 5) is 2.55. The smallest absolute Gasteiger partial charge is 0.298 e. The minimum absolute atomic E-state index is 0.0282. The maximum absolute atomic E-state index is 7.36. The minimum atomic E-state index is -2.14. The predicted octanol–water partition coefficient (Wildman–Crippen LogP) is 7.27. The Morgan fingerprint density at radius 3 is 1.84 bits per heavy atom. The lowest BCUT2D eigenvalue weighted by Crippen LogP contribution is -2.46. The van der Waals surface area contributed by atoms with Crippen LogP contribution in [-0.4, -0.2) is 5.97 Å². The van der Waals surface area contributed by atoms with Gasteiger partial charge in [0.15, 0.2) is 7.26 Å². The molecule has 0 unspecified atom stereocenters. The molecule has 2 nitrogen and oxygen atoms in total. The van der Waals surface area contributed by atoms with Crippen molar-refractivity contribution in [1.29, 1.82) is 0 Å². The molecule has 4 aromatic carbocycles. The van der Waals surface area contributed by atoms with E-state index < -0.39 is 7.26 Å². The topological polar surface area (TPSA) is 12.5 Å². The van der Waals surface area contributed by atoms with Gasteiger partial charge in [-0.1, -0.05) is 96.1 Å². The number of hydrogen-bond donors (Lipinski definition) is 0. The van der Waals surface area contributed by atoms with Crippen LogP contribution < -0.4 is 25.6 Å². The third-order valence-corrected chi connectivity index (χ3v) is 12.3. The van der Waals surface area contributed by atoms with E-state index in [-0.39, 0.29) is 16.8 Å². The van der Waals surface area contributed by atoms with E-state index in [0.29, 0.717) is 0 Å². The number of nitrogens with zero attached hydrogens (tertiary/aromatic N) is 1. The van der Waals surface area contributed by atoms with Crippen LogP contribution in [0.25, 0.3) is 0 Å². The Morgan fingerprint density at radius 2 is 1.27 bits per heavy atom. The Labute approximate surface area is 222 Å². The standard InChI is InChI=1S/C34H37NOP/c1-33(2,3)25-21-24-23-35-29-19-13-14-20-30(29)37(26-15-9-7-10-16-26,27-17-11-8-12-18-27)32(35)36-31(24)28(22-25)34(4,5)6/h7-22,32H,23H2,1-6H3/q+1/t32-/m0/s1. The van der Waals surface area contributed by atoms with Crippen LogP contribution in [0.2, 0.25) is 0 Å². The summed E-state index contributed by atoms with van der Waals surface area (Å²) in [6, 6.07) is 36.0. The van der Waals surface area contributed by atoms with Crippen molar-refractivity contribution in [2.24, 2.45) is 0 Å². The summed E-state index contributed by atoms with van der Waals surface area (Å²) in [5.74, 6) is 1.01. The molecule has 6 rings (SSSR count). The number of benzene rings is 4. The molecule has 0 bridgehead atoms. The van der Waals surface area contributed by atoms with E-state index in [0.717, 1.165) is 12.3 Å². The fourth-order valence-electron chi connectivity index (χ4n) is 5.99. The van der Waals surface area contributed by atoms with Crippen LogP contribution in [-0.2, 0) is 17.4 Å². The first kappa shape index (κ1) is 24.3. The summed E-state index contributed by atoms with van der Waals surface area (Å²) in [5.41, 5.74) is 5.32. The molecule has 2 aliphatic heterocycles. The monoisotopic (exact) mass is 506 g/mol. The van der Waals surface area contributed by atoms with Crippen molar-refractivity contribution in [2.45, 2.75) is 64.9 Å². The molecule has 4 aromatic rings. The molecule has 0 fully saturated rings. The molecule has 37 heavy (non-hydrogen) atoms. The molecule has 188 valence electrons. The molecule has 1 atom stereocenters. The van der Waals surface area contributed by atoms with Gasteiger partial charge in [0.1, 0.15) is 21.7 Å². The molecule has 0 aromatic heterocycles. The first-order valence-corrected chi connectivity index (χ1v) is 15.2. The van der Waals surface area contributed by atoms with E-state index in [4.69, 9.17) is 4.74 Å². The van der Waals surface area contributed by atoms with E-state index in [9.17, 15) is 0 Å². The zero-order valence-corrected chi connectivity index (χ0v) is 23.7. The molecule has 0 saturated heterocycles. The molecule has 0 radical (unpaired) electrons. The van der Waals surface area contributed by atoms with Gasteiger partial charge in [-0.05, 0) is 58.9 Å². The van der Waals surface area contributed by atoms with Crippen LogP contribution in [0.15, 0.2) is 97.1 Å². The average Bonchev–Trinajstić information content (AvgIpc) is 3.17. The lowest BCUT2D eigenvalue weighted by atomic mass is 9.78. The van der Waals surface area contributed by atoms with Crippen molar-refractivity contribution in [3.63, 3.8) is 0 Å². The van der Waals surface area contributed by atoms with Crippen molar-refractivity contribution in [2.75, 3.05) is 4.90 Å². The van der Waals surface area contributed by atoms with Gasteiger partial charge in [0.2, 0.25) is 0 Å². The quantitative estimate of drug-likeness (QED) is 0.265. The number of rotatable bonds is 2. The van der Waals surface area contributed by atoms with Gasteiger partial charge in [0, 0.05) is 11.1 Å². The van der Waals surface area contributed by atoms with Crippen LogP contribution in [0.5, 0.6) is 5.75 Å². The van der Waals surface area contributed by atoms with Crippen molar-refractivity contribution >= 4 is 28.9 Å². The van der Waals surface area contributed by atoms with Crippen molar-refractivity contribution < 1.29 is 4.74 Å². The van der Waals surface area contributed by atoms with E-state index in [1.54, 1.807) is 0 Å². The molecule has 2 heterocycles. The second-order valence-corrected chi connectivity index (χ2v) is 15.9. The first-order chi connectivity index (χ1) is 17.6. The number of para-hydroxylation sites is 1. The fraction of sp³-hybridized carbons (Fsp3) is 0.294. The number of hydrogen-bond acceptors (Lipinski definition) is 2. The largest absolute Gasteiger partial charge is 0.437 e. The van der Waals surface area contributed by atoms with Crippen LogP contribution in [0.1, 0.15) is 58.2 Å². The summed E-state index contributed by atoms with van der Waals surface area (Å²) < 4.78 is 7.36. The first-order valence-electron chi connectivity index (χ1n) is 13.3. The summed E-state index contributed by atoms with van der Waals surface area (Å²) in [5, 5.41) is 4.15. The normalized spacial score (nSPS) is 18.0. The van der Waals surface area contributed by atoms with Crippen molar-refractivity contribution in [3.8, 4) is 5.75 Å². The summed E-state index contributed by atoms with van der Waals surface area (Å²) >= 11 is 0. The van der Waals surface area contributed by atoms with Crippen molar-refractivity contribution in [3.05, 3.63) is 114 Å². The van der Waals surface area contributed by atoms with Gasteiger partial charge in [-0.15, -0.1) is 0 Å². The predicted molar refractivity (Wildman–Crippen MR) is 160 cm³/mol. The third kappa shape index (κ3) is 3.72. The molecule has 2 aliphatic rings. The number of fused-ring (bicyclic) bond motifs is 4. The second-order valence-electron chi connectivity index (χ2n) is 12.5. The highest BCUT2D eigenvalue weighted by molar-refractivity contribution is 7.96. The van der Waals surface area contributed by atoms with Crippen LogP contribution in [0.4, 0.5) is 5.69 Å². The van der Waals surface area contributed by atoms with Gasteiger partial charge < -0.3 is 4.74 Å². The van der Waals surface area contributed by atoms with Crippen molar-refractivity contribution in [1.82, 2.24) is 0 Å². The molecular weight excluding hydrogens is 469 g/mol. The highest BCUT2D eigenvalue weighted by atomic mass is 31.2. The van der Waals surface area contributed by atoms with Crippen LogP contribution >= 0.6 is 7.26 Å². The van der Waals surface area contributed by atoms with E-state index in [1.165, 1.54) is 38.3 Å². The molecule has 0 spiro atoms. The zero-order valence-electron chi connectivity index (χ0n) is 22.8. The summed E-state index contributed by atoms with van der Waals surface area (Å²) in [7, 11) is -2.14. The second kappa shape index (κ2) is 8.47. The average molecular weight is 507 g/mol. The van der Waals surface area contributed by atoms with Gasteiger partial charge in [-0.2, -0.15) is 0 Å². The van der Waals surface area contributed by atoms with E-state index in [2.05, 4.69) is 144 Å². The van der Waals surface area contributed by atoms with E-state index in [1.807, 2.05) is 0 Å². The van der Waals surface area contributed by atoms with Gasteiger partial charge in [0.25, 0.3) is 5.97 Å². The fourth-order valence-corrected chi connectivity index (χ4v) is 10.7.